The summed E-state index contributed by atoms with van der Waals surface area (Å²) >= 11 is 0. The molecule has 0 aromatic carbocycles. The molecule has 1 aliphatic heterocycles. The molecule has 0 aromatic rings. The Morgan fingerprint density at radius 2 is 0.928 bits per heavy atom. The van der Waals surface area contributed by atoms with Crippen molar-refractivity contribution in [1.29, 1.82) is 0 Å². The molecule has 0 bridgehead atoms. The van der Waals surface area contributed by atoms with Crippen LogP contribution >= 0.6 is 0 Å². The Labute approximate surface area is 418 Å². The molecule has 3 N–H and O–H groups in total. The second-order valence-electron chi connectivity index (χ2n) is 18.8. The van der Waals surface area contributed by atoms with Crippen molar-refractivity contribution in [3.8, 4) is 0 Å². The highest BCUT2D eigenvalue weighted by Gasteiger charge is 2.50. The van der Waals surface area contributed by atoms with Crippen LogP contribution in [-0.4, -0.2) is 89.2 Å². The Morgan fingerprint density at radius 1 is 0.493 bits per heavy atom. The van der Waals surface area contributed by atoms with E-state index < -0.39 is 67.3 Å². The van der Waals surface area contributed by atoms with Crippen LogP contribution in [0.5, 0.6) is 0 Å². The third-order valence-electron chi connectivity index (χ3n) is 12.4. The van der Waals surface area contributed by atoms with Gasteiger partial charge in [0.1, 0.15) is 18.8 Å². The van der Waals surface area contributed by atoms with E-state index in [-0.39, 0.29) is 25.9 Å². The number of carbonyl (C=O) groups is 4. The zero-order valence-electron chi connectivity index (χ0n) is 43.6. The van der Waals surface area contributed by atoms with Gasteiger partial charge < -0.3 is 39.0 Å². The fourth-order valence-electron chi connectivity index (χ4n) is 8.13. The van der Waals surface area contributed by atoms with Crippen LogP contribution in [0.3, 0.4) is 0 Å². The molecule has 12 heteroatoms. The maximum absolute atomic E-state index is 13.1. The Kier molecular flexibility index (Phi) is 42.3. The Hall–Kier alpha value is -3.32. The van der Waals surface area contributed by atoms with E-state index in [0.29, 0.717) is 19.3 Å². The summed E-state index contributed by atoms with van der Waals surface area (Å²) in [5.41, 5.74) is 0. The number of carbonyl (C=O) groups excluding carboxylic acids is 3. The van der Waals surface area contributed by atoms with Gasteiger partial charge in [-0.05, 0) is 70.6 Å². The van der Waals surface area contributed by atoms with Gasteiger partial charge in [-0.3, -0.25) is 14.4 Å². The second kappa shape index (κ2) is 45.8. The van der Waals surface area contributed by atoms with Crippen molar-refractivity contribution in [2.45, 2.75) is 276 Å². The average Bonchev–Trinajstić information content (AvgIpc) is 3.33. The van der Waals surface area contributed by atoms with E-state index in [2.05, 4.69) is 69.4 Å². The number of rotatable bonds is 46. The number of aliphatic carboxylic acids is 1. The number of carboxylic acid groups (broad SMARTS) is 1. The molecule has 1 rings (SSSR count). The molecule has 0 aromatic heterocycles. The van der Waals surface area contributed by atoms with Gasteiger partial charge >= 0.3 is 23.9 Å². The summed E-state index contributed by atoms with van der Waals surface area (Å²) in [5.74, 6) is -3.13. The van der Waals surface area contributed by atoms with E-state index >= 15 is 0 Å². The van der Waals surface area contributed by atoms with E-state index in [1.54, 1.807) is 0 Å². The molecule has 398 valence electrons. The summed E-state index contributed by atoms with van der Waals surface area (Å²) < 4.78 is 28.3. The van der Waals surface area contributed by atoms with Gasteiger partial charge in [0.05, 0.1) is 6.61 Å². The van der Waals surface area contributed by atoms with Crippen LogP contribution in [0.1, 0.15) is 239 Å². The van der Waals surface area contributed by atoms with Crippen molar-refractivity contribution >= 4 is 23.9 Å². The molecule has 6 unspecified atom stereocenters. The van der Waals surface area contributed by atoms with Crippen molar-refractivity contribution in [3.05, 3.63) is 48.6 Å². The quantitative estimate of drug-likeness (QED) is 0.0228. The number of allylic oxidation sites excluding steroid dienone is 8. The summed E-state index contributed by atoms with van der Waals surface area (Å²) in [6.07, 6.45) is 40.9. The molecule has 0 aliphatic carbocycles. The third kappa shape index (κ3) is 36.3. The first kappa shape index (κ1) is 63.7. The standard InChI is InChI=1S/C57H98O12/c1-4-7-10-13-16-19-22-23-24-25-26-27-30-33-36-39-42-45-51(60)68-55-53(62)52(61)54(56(63)64)69-57(55)66-47-48(67-50(59)44-41-38-35-32-29-21-18-15-12-9-6-3)46-65-49(58)43-40-37-34-31-28-20-17-14-11-8-5-2/h7,10,14,16-17,19,23-24,48,52-55,57,61-62H,4-6,8-9,11-13,15,18,20-22,25-47H2,1-3H3,(H,63,64)/b10-7-,17-14-,19-16-,24-23-. The Bertz CT molecular complexity index is 1390. The summed E-state index contributed by atoms with van der Waals surface area (Å²) in [5, 5.41) is 31.4. The van der Waals surface area contributed by atoms with Crippen molar-refractivity contribution in [3.63, 3.8) is 0 Å². The van der Waals surface area contributed by atoms with Gasteiger partial charge in [0.15, 0.2) is 24.6 Å². The molecule has 0 amide bonds. The van der Waals surface area contributed by atoms with Crippen LogP contribution in [0.25, 0.3) is 0 Å². The molecular weight excluding hydrogens is 877 g/mol. The summed E-state index contributed by atoms with van der Waals surface area (Å²) in [7, 11) is 0. The van der Waals surface area contributed by atoms with Gasteiger partial charge in [0.2, 0.25) is 0 Å². The van der Waals surface area contributed by atoms with Crippen LogP contribution in [0.15, 0.2) is 48.6 Å². The first-order valence-corrected chi connectivity index (χ1v) is 27.6. The van der Waals surface area contributed by atoms with Crippen molar-refractivity contribution in [1.82, 2.24) is 0 Å². The van der Waals surface area contributed by atoms with Gasteiger partial charge in [-0.25, -0.2) is 4.79 Å². The summed E-state index contributed by atoms with van der Waals surface area (Å²) in [6.45, 7) is 5.81. The predicted molar refractivity (Wildman–Crippen MR) is 276 cm³/mol. The SMILES string of the molecule is CC/C=C\C/C=C\C/C=C\CCCCCCCCCC(=O)OC1C(OCC(COC(=O)CCCCCCC/C=C\CCCC)OC(=O)CCCCCCCCCCCCC)OC(C(=O)O)C(O)C1O. The normalized spacial score (nSPS) is 19.0. The number of unbranched alkanes of at least 4 members (excludes halogenated alkanes) is 24. The van der Waals surface area contributed by atoms with Crippen LogP contribution < -0.4 is 0 Å². The minimum Gasteiger partial charge on any atom is -0.479 e. The van der Waals surface area contributed by atoms with E-state index in [1.807, 2.05) is 0 Å². The Balaban J connectivity index is 2.69. The lowest BCUT2D eigenvalue weighted by atomic mass is 9.98. The first-order valence-electron chi connectivity index (χ1n) is 27.6. The van der Waals surface area contributed by atoms with Crippen molar-refractivity contribution in [2.75, 3.05) is 13.2 Å². The fraction of sp³-hybridized carbons (Fsp3) is 0.789. The summed E-state index contributed by atoms with van der Waals surface area (Å²) in [6, 6.07) is 0. The third-order valence-corrected chi connectivity index (χ3v) is 12.4. The summed E-state index contributed by atoms with van der Waals surface area (Å²) in [4.78, 5) is 50.9. The second-order valence-corrected chi connectivity index (χ2v) is 18.8. The van der Waals surface area contributed by atoms with E-state index in [0.717, 1.165) is 122 Å². The lowest BCUT2D eigenvalue weighted by Crippen LogP contribution is -2.61. The van der Waals surface area contributed by atoms with Gasteiger partial charge in [0.25, 0.3) is 0 Å². The molecule has 12 nitrogen and oxygen atoms in total. The van der Waals surface area contributed by atoms with Gasteiger partial charge in [-0.15, -0.1) is 0 Å². The molecule has 0 spiro atoms. The van der Waals surface area contributed by atoms with Crippen LogP contribution in [0.2, 0.25) is 0 Å². The minimum atomic E-state index is -1.90. The fourth-order valence-corrected chi connectivity index (χ4v) is 8.13. The molecule has 0 radical (unpaired) electrons. The lowest BCUT2D eigenvalue weighted by Gasteiger charge is -2.40. The average molecular weight is 975 g/mol. The molecule has 69 heavy (non-hydrogen) atoms. The lowest BCUT2D eigenvalue weighted by molar-refractivity contribution is -0.301. The van der Waals surface area contributed by atoms with Crippen molar-refractivity contribution in [2.24, 2.45) is 0 Å². The number of esters is 3. The highest BCUT2D eigenvalue weighted by molar-refractivity contribution is 5.74. The van der Waals surface area contributed by atoms with Gasteiger partial charge in [-0.2, -0.15) is 0 Å². The largest absolute Gasteiger partial charge is 0.479 e. The van der Waals surface area contributed by atoms with E-state index in [4.69, 9.17) is 23.7 Å². The zero-order valence-corrected chi connectivity index (χ0v) is 43.6. The smallest absolute Gasteiger partial charge is 0.335 e. The number of aliphatic hydroxyl groups excluding tert-OH is 2. The molecule has 6 atom stereocenters. The monoisotopic (exact) mass is 975 g/mol. The van der Waals surface area contributed by atoms with Crippen molar-refractivity contribution < 1.29 is 58.2 Å². The number of ether oxygens (including phenoxy) is 5. The maximum Gasteiger partial charge on any atom is 0.335 e. The number of aliphatic hydroxyl groups is 2. The maximum atomic E-state index is 13.1. The zero-order chi connectivity index (χ0) is 50.4. The molecule has 1 aliphatic rings. The first-order chi connectivity index (χ1) is 33.6. The minimum absolute atomic E-state index is 0.0498. The van der Waals surface area contributed by atoms with Crippen LogP contribution in [0, 0.1) is 0 Å². The molecule has 1 fully saturated rings. The Morgan fingerprint density at radius 3 is 1.45 bits per heavy atom. The van der Waals surface area contributed by atoms with Crippen LogP contribution in [0.4, 0.5) is 0 Å². The van der Waals surface area contributed by atoms with Crippen LogP contribution in [-0.2, 0) is 42.9 Å². The predicted octanol–water partition coefficient (Wildman–Crippen LogP) is 13.4. The molecular formula is C57H98O12. The van der Waals surface area contributed by atoms with E-state index in [1.165, 1.54) is 57.8 Å². The molecule has 1 heterocycles. The van der Waals surface area contributed by atoms with E-state index in [9.17, 15) is 34.5 Å². The number of hydrogen-bond donors (Lipinski definition) is 3. The molecule has 0 saturated carbocycles. The molecule has 1 saturated heterocycles. The highest BCUT2D eigenvalue weighted by Crippen LogP contribution is 2.26. The van der Waals surface area contributed by atoms with Gasteiger partial charge in [-0.1, -0.05) is 198 Å². The topological polar surface area (TPSA) is 175 Å². The number of carboxylic acids is 1. The van der Waals surface area contributed by atoms with Gasteiger partial charge in [0, 0.05) is 19.3 Å². The highest BCUT2D eigenvalue weighted by atomic mass is 16.7. The number of hydrogen-bond acceptors (Lipinski definition) is 11.